The van der Waals surface area contributed by atoms with Crippen molar-refractivity contribution >= 4 is 18.3 Å². The topological polar surface area (TPSA) is 55.1 Å². The van der Waals surface area contributed by atoms with Crippen LogP contribution in [0.3, 0.4) is 0 Å². The van der Waals surface area contributed by atoms with Gasteiger partial charge in [0, 0.05) is 13.0 Å². The predicted molar refractivity (Wildman–Crippen MR) is 78.1 cm³/mol. The fourth-order valence-corrected chi connectivity index (χ4v) is 1.93. The molecule has 0 fully saturated rings. The second-order valence-electron chi connectivity index (χ2n) is 4.45. The minimum Gasteiger partial charge on any atom is -0.356 e. The molecule has 0 bridgehead atoms. The van der Waals surface area contributed by atoms with E-state index in [1.165, 1.54) is 11.1 Å². The molecule has 0 aromatic heterocycles. The Morgan fingerprint density at radius 3 is 2.67 bits per heavy atom. The van der Waals surface area contributed by atoms with Gasteiger partial charge in [-0.15, -0.1) is 12.4 Å². The zero-order valence-corrected chi connectivity index (χ0v) is 11.9. The van der Waals surface area contributed by atoms with Crippen molar-refractivity contribution in [3.8, 4) is 0 Å². The van der Waals surface area contributed by atoms with Gasteiger partial charge in [0.25, 0.3) is 0 Å². The number of rotatable bonds is 6. The smallest absolute Gasteiger partial charge is 0.220 e. The van der Waals surface area contributed by atoms with Crippen molar-refractivity contribution in [1.29, 1.82) is 0 Å². The molecule has 0 radical (unpaired) electrons. The fraction of sp³-hybridized carbons (Fsp3) is 0.500. The zero-order valence-electron chi connectivity index (χ0n) is 11.1. The number of halogens is 1. The second kappa shape index (κ2) is 8.95. The van der Waals surface area contributed by atoms with E-state index in [1.807, 2.05) is 12.1 Å². The Balaban J connectivity index is 0.00000289. The Labute approximate surface area is 116 Å². The quantitative estimate of drug-likeness (QED) is 0.780. The van der Waals surface area contributed by atoms with Gasteiger partial charge in [-0.1, -0.05) is 31.2 Å². The first-order valence-corrected chi connectivity index (χ1v) is 6.17. The molecule has 18 heavy (non-hydrogen) atoms. The van der Waals surface area contributed by atoms with Crippen LogP contribution in [0.5, 0.6) is 0 Å². The van der Waals surface area contributed by atoms with Crippen LogP contribution in [0.1, 0.15) is 36.8 Å². The summed E-state index contributed by atoms with van der Waals surface area (Å²) >= 11 is 0. The molecule has 1 atom stereocenters. The van der Waals surface area contributed by atoms with Crippen molar-refractivity contribution in [2.24, 2.45) is 5.73 Å². The predicted octanol–water partition coefficient (Wildman–Crippen LogP) is 2.38. The number of hydrogen-bond acceptors (Lipinski definition) is 2. The molecule has 1 rings (SSSR count). The van der Waals surface area contributed by atoms with Crippen LogP contribution >= 0.6 is 12.4 Å². The standard InChI is InChI=1S/C14H22N2O.ClH/c1-11-6-3-4-7-13(11)12(2)10-14(17)16-9-5-8-15;/h3-4,6-7,12H,5,8-10,15H2,1-2H3,(H,16,17);1H. The number of benzene rings is 1. The Bertz CT molecular complexity index is 369. The first-order valence-electron chi connectivity index (χ1n) is 6.17. The van der Waals surface area contributed by atoms with Gasteiger partial charge in [0.05, 0.1) is 0 Å². The van der Waals surface area contributed by atoms with E-state index >= 15 is 0 Å². The van der Waals surface area contributed by atoms with E-state index in [-0.39, 0.29) is 24.2 Å². The van der Waals surface area contributed by atoms with E-state index in [0.29, 0.717) is 19.5 Å². The molecule has 0 spiro atoms. The summed E-state index contributed by atoms with van der Waals surface area (Å²) in [5.41, 5.74) is 7.87. The van der Waals surface area contributed by atoms with Gasteiger partial charge < -0.3 is 11.1 Å². The molecule has 1 amide bonds. The number of carbonyl (C=O) groups is 1. The molecule has 1 aromatic carbocycles. The fourth-order valence-electron chi connectivity index (χ4n) is 1.93. The summed E-state index contributed by atoms with van der Waals surface area (Å²) in [6.45, 7) is 5.46. The van der Waals surface area contributed by atoms with E-state index in [2.05, 4.69) is 31.3 Å². The van der Waals surface area contributed by atoms with Gasteiger partial charge in [-0.25, -0.2) is 0 Å². The van der Waals surface area contributed by atoms with Gasteiger partial charge >= 0.3 is 0 Å². The summed E-state index contributed by atoms with van der Waals surface area (Å²) in [5, 5.41) is 2.88. The number of hydrogen-bond donors (Lipinski definition) is 2. The Hall–Kier alpha value is -1.06. The molecule has 1 aromatic rings. The largest absolute Gasteiger partial charge is 0.356 e. The molecule has 3 nitrogen and oxygen atoms in total. The van der Waals surface area contributed by atoms with Crippen molar-refractivity contribution < 1.29 is 4.79 Å². The Morgan fingerprint density at radius 1 is 1.39 bits per heavy atom. The average Bonchev–Trinajstić information content (AvgIpc) is 2.29. The summed E-state index contributed by atoms with van der Waals surface area (Å²) in [6.07, 6.45) is 1.37. The van der Waals surface area contributed by atoms with Crippen LogP contribution in [0.25, 0.3) is 0 Å². The van der Waals surface area contributed by atoms with Gasteiger partial charge in [-0.3, -0.25) is 4.79 Å². The lowest BCUT2D eigenvalue weighted by molar-refractivity contribution is -0.121. The number of amides is 1. The third-order valence-electron chi connectivity index (χ3n) is 2.91. The molecule has 3 N–H and O–H groups in total. The maximum Gasteiger partial charge on any atom is 0.220 e. The highest BCUT2D eigenvalue weighted by Crippen LogP contribution is 2.21. The Morgan fingerprint density at radius 2 is 2.06 bits per heavy atom. The van der Waals surface area contributed by atoms with Crippen molar-refractivity contribution in [3.05, 3.63) is 35.4 Å². The zero-order chi connectivity index (χ0) is 12.7. The first kappa shape index (κ1) is 16.9. The second-order valence-corrected chi connectivity index (χ2v) is 4.45. The van der Waals surface area contributed by atoms with Gasteiger partial charge in [0.2, 0.25) is 5.91 Å². The minimum atomic E-state index is 0. The maximum atomic E-state index is 11.7. The van der Waals surface area contributed by atoms with Crippen molar-refractivity contribution in [3.63, 3.8) is 0 Å². The molecular formula is C14H23ClN2O. The summed E-state index contributed by atoms with van der Waals surface area (Å²) in [4.78, 5) is 11.7. The van der Waals surface area contributed by atoms with E-state index in [0.717, 1.165) is 6.42 Å². The van der Waals surface area contributed by atoms with Gasteiger partial charge in [-0.2, -0.15) is 0 Å². The first-order chi connectivity index (χ1) is 8.15. The highest BCUT2D eigenvalue weighted by Gasteiger charge is 2.12. The van der Waals surface area contributed by atoms with Crippen molar-refractivity contribution in [2.45, 2.75) is 32.6 Å². The van der Waals surface area contributed by atoms with Crippen molar-refractivity contribution in [1.82, 2.24) is 5.32 Å². The molecule has 0 aliphatic carbocycles. The lowest BCUT2D eigenvalue weighted by Crippen LogP contribution is -2.27. The highest BCUT2D eigenvalue weighted by atomic mass is 35.5. The van der Waals surface area contributed by atoms with Gasteiger partial charge in [0.1, 0.15) is 0 Å². The number of carbonyl (C=O) groups excluding carboxylic acids is 1. The van der Waals surface area contributed by atoms with Crippen LogP contribution in [0.15, 0.2) is 24.3 Å². The lowest BCUT2D eigenvalue weighted by Gasteiger charge is -2.14. The molecule has 4 heteroatoms. The van der Waals surface area contributed by atoms with Crippen LogP contribution in [-0.4, -0.2) is 19.0 Å². The van der Waals surface area contributed by atoms with E-state index in [4.69, 9.17) is 5.73 Å². The van der Waals surface area contributed by atoms with E-state index in [1.54, 1.807) is 0 Å². The molecular weight excluding hydrogens is 248 g/mol. The van der Waals surface area contributed by atoms with E-state index in [9.17, 15) is 4.79 Å². The van der Waals surface area contributed by atoms with Crippen LogP contribution in [0.4, 0.5) is 0 Å². The molecule has 0 saturated heterocycles. The number of aryl methyl sites for hydroxylation is 1. The third-order valence-corrected chi connectivity index (χ3v) is 2.91. The van der Waals surface area contributed by atoms with Crippen LogP contribution in [0.2, 0.25) is 0 Å². The van der Waals surface area contributed by atoms with Gasteiger partial charge in [0.15, 0.2) is 0 Å². The van der Waals surface area contributed by atoms with Crippen LogP contribution in [-0.2, 0) is 4.79 Å². The molecule has 0 aliphatic rings. The maximum absolute atomic E-state index is 11.7. The summed E-state index contributed by atoms with van der Waals surface area (Å²) in [7, 11) is 0. The average molecular weight is 271 g/mol. The summed E-state index contributed by atoms with van der Waals surface area (Å²) in [6, 6.07) is 8.21. The third kappa shape index (κ3) is 5.52. The normalized spacial score (nSPS) is 11.5. The van der Waals surface area contributed by atoms with E-state index < -0.39 is 0 Å². The van der Waals surface area contributed by atoms with Crippen LogP contribution < -0.4 is 11.1 Å². The molecule has 0 saturated carbocycles. The van der Waals surface area contributed by atoms with Crippen molar-refractivity contribution in [2.75, 3.05) is 13.1 Å². The molecule has 1 unspecified atom stereocenters. The lowest BCUT2D eigenvalue weighted by atomic mass is 9.93. The highest BCUT2D eigenvalue weighted by molar-refractivity contribution is 5.85. The Kier molecular flexibility index (Phi) is 8.42. The number of nitrogens with two attached hydrogens (primary N) is 1. The molecule has 0 heterocycles. The molecule has 0 aliphatic heterocycles. The SMILES string of the molecule is Cc1ccccc1C(C)CC(=O)NCCCN.Cl. The summed E-state index contributed by atoms with van der Waals surface area (Å²) < 4.78 is 0. The number of nitrogens with one attached hydrogen (secondary N) is 1. The molecule has 102 valence electrons. The minimum absolute atomic E-state index is 0. The van der Waals surface area contributed by atoms with Crippen LogP contribution in [0, 0.1) is 6.92 Å². The van der Waals surface area contributed by atoms with Gasteiger partial charge in [-0.05, 0) is 36.9 Å². The monoisotopic (exact) mass is 270 g/mol. The summed E-state index contributed by atoms with van der Waals surface area (Å²) in [5.74, 6) is 0.364.